The van der Waals surface area contributed by atoms with Crippen LogP contribution in [0.5, 0.6) is 5.75 Å². The van der Waals surface area contributed by atoms with Gasteiger partial charge in [0.25, 0.3) is 0 Å². The predicted molar refractivity (Wildman–Crippen MR) is 70.3 cm³/mol. The van der Waals surface area contributed by atoms with Gasteiger partial charge in [0.15, 0.2) is 0 Å². The van der Waals surface area contributed by atoms with Crippen molar-refractivity contribution >= 4 is 0 Å². The van der Waals surface area contributed by atoms with Crippen molar-refractivity contribution in [3.05, 3.63) is 29.3 Å². The summed E-state index contributed by atoms with van der Waals surface area (Å²) < 4.78 is 5.53. The zero-order valence-corrected chi connectivity index (χ0v) is 10.7. The number of hydrogen-bond donors (Lipinski definition) is 2. The van der Waals surface area contributed by atoms with E-state index in [-0.39, 0.29) is 0 Å². The maximum Gasteiger partial charge on any atom is 0.122 e. The lowest BCUT2D eigenvalue weighted by atomic mass is 9.90. The lowest BCUT2D eigenvalue weighted by Crippen LogP contribution is -2.30. The summed E-state index contributed by atoms with van der Waals surface area (Å²) in [6, 6.07) is 6.85. The molecule has 0 saturated carbocycles. The van der Waals surface area contributed by atoms with Gasteiger partial charge >= 0.3 is 0 Å². The van der Waals surface area contributed by atoms with Crippen LogP contribution in [0.25, 0.3) is 0 Å². The third-order valence-electron chi connectivity index (χ3n) is 3.68. The lowest BCUT2D eigenvalue weighted by Gasteiger charge is -2.25. The van der Waals surface area contributed by atoms with Crippen molar-refractivity contribution in [3.8, 4) is 5.75 Å². The van der Waals surface area contributed by atoms with E-state index in [2.05, 4.69) is 30.4 Å². The van der Waals surface area contributed by atoms with Crippen LogP contribution in [-0.4, -0.2) is 20.2 Å². The highest BCUT2D eigenvalue weighted by atomic mass is 16.5. The van der Waals surface area contributed by atoms with Gasteiger partial charge in [-0.1, -0.05) is 25.5 Å². The van der Waals surface area contributed by atoms with Crippen LogP contribution in [0.2, 0.25) is 0 Å². The Balaban J connectivity index is 2.25. The molecule has 17 heavy (non-hydrogen) atoms. The highest BCUT2D eigenvalue weighted by Crippen LogP contribution is 2.31. The first-order valence-corrected chi connectivity index (χ1v) is 6.43. The molecule has 3 heteroatoms. The van der Waals surface area contributed by atoms with Crippen molar-refractivity contribution in [2.75, 3.05) is 20.2 Å². The topological polar surface area (TPSA) is 47.3 Å². The van der Waals surface area contributed by atoms with E-state index in [0.717, 1.165) is 31.7 Å². The Morgan fingerprint density at radius 1 is 1.47 bits per heavy atom. The standard InChI is InChI=1S/C14H22N2O/c1-3-10(9-15)14(16-2)12-4-5-13-11(8-12)6-7-17-13/h4-5,8,10,14,16H,3,6-7,9,15H2,1-2H3. The fourth-order valence-corrected chi connectivity index (χ4v) is 2.61. The Labute approximate surface area is 103 Å². The van der Waals surface area contributed by atoms with Gasteiger partial charge in [-0.25, -0.2) is 0 Å². The van der Waals surface area contributed by atoms with Crippen molar-refractivity contribution in [2.45, 2.75) is 25.8 Å². The van der Waals surface area contributed by atoms with Gasteiger partial charge in [-0.3, -0.25) is 0 Å². The second kappa shape index (κ2) is 5.52. The summed E-state index contributed by atoms with van der Waals surface area (Å²) in [6.45, 7) is 3.73. The Morgan fingerprint density at radius 2 is 2.29 bits per heavy atom. The van der Waals surface area contributed by atoms with Gasteiger partial charge in [0.1, 0.15) is 5.75 Å². The maximum absolute atomic E-state index is 5.85. The van der Waals surface area contributed by atoms with Crippen molar-refractivity contribution in [1.29, 1.82) is 0 Å². The molecule has 0 saturated heterocycles. The number of rotatable bonds is 5. The molecule has 0 aliphatic carbocycles. The lowest BCUT2D eigenvalue weighted by molar-refractivity contribution is 0.356. The summed E-state index contributed by atoms with van der Waals surface area (Å²) in [4.78, 5) is 0. The second-order valence-corrected chi connectivity index (χ2v) is 4.64. The van der Waals surface area contributed by atoms with Crippen LogP contribution in [0, 0.1) is 5.92 Å². The monoisotopic (exact) mass is 234 g/mol. The third-order valence-corrected chi connectivity index (χ3v) is 3.68. The molecule has 0 aromatic heterocycles. The quantitative estimate of drug-likeness (QED) is 0.817. The number of nitrogens with one attached hydrogen (secondary N) is 1. The molecular weight excluding hydrogens is 212 g/mol. The van der Waals surface area contributed by atoms with Crippen molar-refractivity contribution < 1.29 is 4.74 Å². The molecule has 0 bridgehead atoms. The largest absolute Gasteiger partial charge is 0.493 e. The van der Waals surface area contributed by atoms with E-state index in [1.54, 1.807) is 0 Å². The van der Waals surface area contributed by atoms with Gasteiger partial charge in [0.2, 0.25) is 0 Å². The maximum atomic E-state index is 5.85. The van der Waals surface area contributed by atoms with E-state index in [0.29, 0.717) is 12.0 Å². The van der Waals surface area contributed by atoms with Gasteiger partial charge in [-0.05, 0) is 36.7 Å². The SMILES string of the molecule is CCC(CN)C(NC)c1ccc2c(c1)CCO2. The third kappa shape index (κ3) is 2.45. The van der Waals surface area contributed by atoms with Crippen LogP contribution in [0.1, 0.15) is 30.5 Å². The van der Waals surface area contributed by atoms with Crippen molar-refractivity contribution in [3.63, 3.8) is 0 Å². The highest BCUT2D eigenvalue weighted by Gasteiger charge is 2.21. The summed E-state index contributed by atoms with van der Waals surface area (Å²) in [5, 5.41) is 3.39. The normalized spacial score (nSPS) is 17.4. The molecule has 1 heterocycles. The fourth-order valence-electron chi connectivity index (χ4n) is 2.61. The molecule has 1 aliphatic rings. The van der Waals surface area contributed by atoms with Crippen LogP contribution in [-0.2, 0) is 6.42 Å². The van der Waals surface area contributed by atoms with Gasteiger partial charge in [-0.15, -0.1) is 0 Å². The zero-order valence-electron chi connectivity index (χ0n) is 10.7. The molecule has 2 atom stereocenters. The molecule has 0 spiro atoms. The average molecular weight is 234 g/mol. The van der Waals surface area contributed by atoms with E-state index < -0.39 is 0 Å². The van der Waals surface area contributed by atoms with Crippen molar-refractivity contribution in [1.82, 2.24) is 5.32 Å². The summed E-state index contributed by atoms with van der Waals surface area (Å²) in [7, 11) is 2.01. The summed E-state index contributed by atoms with van der Waals surface area (Å²) in [5.74, 6) is 1.53. The molecular formula is C14H22N2O. The molecule has 2 unspecified atom stereocenters. The van der Waals surface area contributed by atoms with E-state index in [1.165, 1.54) is 11.1 Å². The molecule has 2 rings (SSSR count). The van der Waals surface area contributed by atoms with E-state index in [1.807, 2.05) is 7.05 Å². The van der Waals surface area contributed by atoms with Crippen LogP contribution in [0.15, 0.2) is 18.2 Å². The fraction of sp³-hybridized carbons (Fsp3) is 0.571. The molecule has 1 aliphatic heterocycles. The van der Waals surface area contributed by atoms with Gasteiger partial charge in [0, 0.05) is 12.5 Å². The molecule has 94 valence electrons. The molecule has 0 amide bonds. The second-order valence-electron chi connectivity index (χ2n) is 4.64. The van der Waals surface area contributed by atoms with Crippen LogP contribution >= 0.6 is 0 Å². The predicted octanol–water partition coefficient (Wildman–Crippen LogP) is 1.87. The summed E-state index contributed by atoms with van der Waals surface area (Å²) >= 11 is 0. The smallest absolute Gasteiger partial charge is 0.122 e. The zero-order chi connectivity index (χ0) is 12.3. The molecule has 0 fully saturated rings. The first kappa shape index (κ1) is 12.4. The van der Waals surface area contributed by atoms with Crippen LogP contribution in [0.3, 0.4) is 0 Å². The van der Waals surface area contributed by atoms with E-state index >= 15 is 0 Å². The van der Waals surface area contributed by atoms with Gasteiger partial charge < -0.3 is 15.8 Å². The van der Waals surface area contributed by atoms with Gasteiger partial charge in [0.05, 0.1) is 6.61 Å². The number of hydrogen-bond acceptors (Lipinski definition) is 3. The first-order chi connectivity index (χ1) is 8.30. The van der Waals surface area contributed by atoms with Crippen LogP contribution < -0.4 is 15.8 Å². The summed E-state index contributed by atoms with van der Waals surface area (Å²) in [5.41, 5.74) is 8.50. The first-order valence-electron chi connectivity index (χ1n) is 6.43. The summed E-state index contributed by atoms with van der Waals surface area (Å²) in [6.07, 6.45) is 2.12. The van der Waals surface area contributed by atoms with Crippen molar-refractivity contribution in [2.24, 2.45) is 11.7 Å². The Kier molecular flexibility index (Phi) is 4.02. The molecule has 1 aromatic carbocycles. The Hall–Kier alpha value is -1.06. The minimum Gasteiger partial charge on any atom is -0.493 e. The number of ether oxygens (including phenoxy) is 1. The van der Waals surface area contributed by atoms with Gasteiger partial charge in [-0.2, -0.15) is 0 Å². The molecule has 0 radical (unpaired) electrons. The van der Waals surface area contributed by atoms with E-state index in [4.69, 9.17) is 10.5 Å². The Bertz CT molecular complexity index is 374. The molecule has 3 nitrogen and oxygen atoms in total. The molecule has 3 N–H and O–H groups in total. The number of fused-ring (bicyclic) bond motifs is 1. The minimum atomic E-state index is 0.343. The number of benzene rings is 1. The average Bonchev–Trinajstić information content (AvgIpc) is 2.82. The number of nitrogens with two attached hydrogens (primary N) is 1. The minimum absolute atomic E-state index is 0.343. The van der Waals surface area contributed by atoms with E-state index in [9.17, 15) is 0 Å². The molecule has 1 aromatic rings. The van der Waals surface area contributed by atoms with Crippen LogP contribution in [0.4, 0.5) is 0 Å². The Morgan fingerprint density at radius 3 is 2.94 bits per heavy atom. The highest BCUT2D eigenvalue weighted by molar-refractivity contribution is 5.41.